The number of hydrogen-bond donors (Lipinski definition) is 0. The molecule has 3 aliphatic carbocycles. The predicted octanol–water partition coefficient (Wildman–Crippen LogP) is 6.18. The molecule has 0 bridgehead atoms. The van der Waals surface area contributed by atoms with Crippen molar-refractivity contribution in [2.75, 3.05) is 7.05 Å². The first-order valence-electron chi connectivity index (χ1n) is 9.78. The van der Waals surface area contributed by atoms with Crippen molar-refractivity contribution in [1.29, 1.82) is 0 Å². The van der Waals surface area contributed by atoms with Crippen molar-refractivity contribution in [1.82, 2.24) is 0 Å². The van der Waals surface area contributed by atoms with Crippen molar-refractivity contribution in [3.8, 4) is 0 Å². The Bertz CT molecular complexity index is 637. The average molecular weight is 323 g/mol. The molecular formula is C23H32N. The molecule has 1 unspecified atom stereocenters. The minimum atomic E-state index is 1.01. The molecular weight excluding hydrogens is 290 g/mol. The van der Waals surface area contributed by atoms with Gasteiger partial charge in [-0.15, -0.1) is 0 Å². The zero-order valence-corrected chi connectivity index (χ0v) is 15.9. The van der Waals surface area contributed by atoms with E-state index in [1.54, 1.807) is 0 Å². The Balaban J connectivity index is 0.000000150. The van der Waals surface area contributed by atoms with Crippen LogP contribution < -0.4 is 0 Å². The molecule has 0 spiro atoms. The van der Waals surface area contributed by atoms with Crippen LogP contribution in [0.3, 0.4) is 0 Å². The van der Waals surface area contributed by atoms with E-state index in [2.05, 4.69) is 50.0 Å². The standard InChI is InChI=1S/C13H12N.C10H20/c1-8-11-7-9-5-3-4-6-10(9)13(14-2)12(8)11;1-3-10-6-4-5-9(2)7-8-10/h3-6H,7H2,1-2H3;9-10H,3-8H2,1-2H3/t;9?,10-/m.1/s1. The van der Waals surface area contributed by atoms with Gasteiger partial charge in [0.2, 0.25) is 0 Å². The van der Waals surface area contributed by atoms with Crippen LogP contribution in [0.2, 0.25) is 0 Å². The number of nitrogens with zero attached hydrogens (tertiary/aromatic N) is 1. The topological polar surface area (TPSA) is 12.4 Å². The maximum Gasteiger partial charge on any atom is 0.0739 e. The van der Waals surface area contributed by atoms with Gasteiger partial charge >= 0.3 is 0 Å². The number of fused-ring (bicyclic) bond motifs is 2. The van der Waals surface area contributed by atoms with Crippen molar-refractivity contribution >= 4 is 5.71 Å². The summed E-state index contributed by atoms with van der Waals surface area (Å²) >= 11 is 0. The summed E-state index contributed by atoms with van der Waals surface area (Å²) in [6.45, 7) is 6.93. The molecule has 24 heavy (non-hydrogen) atoms. The second-order valence-electron chi connectivity index (χ2n) is 7.77. The molecule has 1 aromatic carbocycles. The van der Waals surface area contributed by atoms with Gasteiger partial charge in [0.15, 0.2) is 0 Å². The minimum Gasteiger partial charge on any atom is -0.291 e. The van der Waals surface area contributed by atoms with Gasteiger partial charge in [-0.05, 0) is 36.3 Å². The summed E-state index contributed by atoms with van der Waals surface area (Å²) in [6, 6.07) is 8.57. The van der Waals surface area contributed by atoms with Crippen LogP contribution in [0, 0.1) is 17.8 Å². The van der Waals surface area contributed by atoms with Gasteiger partial charge in [0.1, 0.15) is 0 Å². The summed E-state index contributed by atoms with van der Waals surface area (Å²) in [4.78, 5) is 4.40. The highest BCUT2D eigenvalue weighted by Crippen LogP contribution is 2.49. The van der Waals surface area contributed by atoms with E-state index in [0.717, 1.165) is 18.3 Å². The lowest BCUT2D eigenvalue weighted by atomic mass is 9.89. The molecule has 4 rings (SSSR count). The minimum absolute atomic E-state index is 1.01. The van der Waals surface area contributed by atoms with Crippen LogP contribution in [0.4, 0.5) is 0 Å². The smallest absolute Gasteiger partial charge is 0.0739 e. The molecule has 1 heteroatoms. The van der Waals surface area contributed by atoms with E-state index in [-0.39, 0.29) is 0 Å². The molecule has 3 aliphatic rings. The maximum absolute atomic E-state index is 4.40. The molecule has 2 atom stereocenters. The predicted molar refractivity (Wildman–Crippen MR) is 105 cm³/mol. The van der Waals surface area contributed by atoms with Gasteiger partial charge in [0.25, 0.3) is 0 Å². The first kappa shape index (κ1) is 17.5. The Labute approximate surface area is 148 Å². The molecule has 0 heterocycles. The number of rotatable bonds is 1. The molecule has 1 fully saturated rings. The van der Waals surface area contributed by atoms with Crippen LogP contribution in [-0.4, -0.2) is 12.8 Å². The average Bonchev–Trinajstić information content (AvgIpc) is 3.31. The van der Waals surface area contributed by atoms with Crippen molar-refractivity contribution in [3.63, 3.8) is 0 Å². The third-order valence-electron chi connectivity index (χ3n) is 6.12. The summed E-state index contributed by atoms with van der Waals surface area (Å²) in [5.74, 6) is 3.49. The van der Waals surface area contributed by atoms with Gasteiger partial charge in [0, 0.05) is 12.6 Å². The maximum atomic E-state index is 4.40. The fourth-order valence-electron chi connectivity index (χ4n) is 4.31. The van der Waals surface area contributed by atoms with Crippen LogP contribution >= 0.6 is 0 Å². The lowest BCUT2D eigenvalue weighted by molar-refractivity contribution is 0.434. The molecule has 1 aromatic rings. The molecule has 129 valence electrons. The largest absolute Gasteiger partial charge is 0.291 e. The number of aliphatic imine (C=N–C) groups is 1. The zero-order valence-electron chi connectivity index (χ0n) is 15.9. The van der Waals surface area contributed by atoms with Crippen molar-refractivity contribution in [3.05, 3.63) is 52.5 Å². The fraction of sp³-hybridized carbons (Fsp3) is 0.565. The van der Waals surface area contributed by atoms with Gasteiger partial charge in [0.05, 0.1) is 11.6 Å². The first-order valence-corrected chi connectivity index (χ1v) is 9.78. The molecule has 0 saturated heterocycles. The van der Waals surface area contributed by atoms with E-state index in [1.165, 1.54) is 72.4 Å². The Morgan fingerprint density at radius 2 is 1.88 bits per heavy atom. The molecule has 1 nitrogen and oxygen atoms in total. The van der Waals surface area contributed by atoms with Gasteiger partial charge < -0.3 is 0 Å². The molecule has 0 amide bonds. The Kier molecular flexibility index (Phi) is 5.58. The van der Waals surface area contributed by atoms with E-state index in [9.17, 15) is 0 Å². The SMILES string of the molecule is CC[C@@H]1CCCC(C)CC1.CN=C1[C]2C(C)=C2Cc2ccccc21. The molecule has 0 aliphatic heterocycles. The normalized spacial score (nSPS) is 27.8. The van der Waals surface area contributed by atoms with Crippen LogP contribution in [0.15, 0.2) is 40.4 Å². The zero-order chi connectivity index (χ0) is 17.1. The molecule has 1 saturated carbocycles. The molecule has 1 radical (unpaired) electrons. The van der Waals surface area contributed by atoms with E-state index < -0.39 is 0 Å². The fourth-order valence-corrected chi connectivity index (χ4v) is 4.31. The van der Waals surface area contributed by atoms with Gasteiger partial charge in [-0.1, -0.05) is 82.2 Å². The lowest BCUT2D eigenvalue weighted by Gasteiger charge is -2.16. The van der Waals surface area contributed by atoms with Crippen LogP contribution in [0.1, 0.15) is 70.4 Å². The van der Waals surface area contributed by atoms with Gasteiger partial charge in [-0.25, -0.2) is 0 Å². The second kappa shape index (κ2) is 7.68. The van der Waals surface area contributed by atoms with E-state index >= 15 is 0 Å². The Morgan fingerprint density at radius 1 is 1.08 bits per heavy atom. The first-order chi connectivity index (χ1) is 11.7. The third kappa shape index (κ3) is 3.66. The van der Waals surface area contributed by atoms with E-state index in [0.29, 0.717) is 0 Å². The van der Waals surface area contributed by atoms with Crippen LogP contribution in [0.25, 0.3) is 0 Å². The quantitative estimate of drug-likeness (QED) is 0.547. The lowest BCUT2D eigenvalue weighted by Crippen LogP contribution is -2.13. The highest BCUT2D eigenvalue weighted by Gasteiger charge is 2.42. The van der Waals surface area contributed by atoms with E-state index in [1.807, 2.05) is 7.05 Å². The summed E-state index contributed by atoms with van der Waals surface area (Å²) in [5.41, 5.74) is 6.92. The number of benzene rings is 1. The third-order valence-corrected chi connectivity index (χ3v) is 6.12. The Hall–Kier alpha value is -1.37. The second-order valence-corrected chi connectivity index (χ2v) is 7.77. The van der Waals surface area contributed by atoms with E-state index in [4.69, 9.17) is 0 Å². The van der Waals surface area contributed by atoms with Gasteiger partial charge in [-0.2, -0.15) is 0 Å². The number of hydrogen-bond acceptors (Lipinski definition) is 1. The van der Waals surface area contributed by atoms with Crippen LogP contribution in [-0.2, 0) is 6.42 Å². The highest BCUT2D eigenvalue weighted by atomic mass is 14.7. The van der Waals surface area contributed by atoms with Crippen LogP contribution in [0.5, 0.6) is 0 Å². The molecule has 0 aromatic heterocycles. The summed E-state index contributed by atoms with van der Waals surface area (Å²) in [5, 5.41) is 0. The monoisotopic (exact) mass is 322 g/mol. The summed E-state index contributed by atoms with van der Waals surface area (Å²) in [7, 11) is 1.88. The van der Waals surface area contributed by atoms with Crippen molar-refractivity contribution in [2.45, 2.75) is 65.7 Å². The summed E-state index contributed by atoms with van der Waals surface area (Å²) < 4.78 is 0. The highest BCUT2D eigenvalue weighted by molar-refractivity contribution is 6.21. The Morgan fingerprint density at radius 3 is 2.62 bits per heavy atom. The van der Waals surface area contributed by atoms with Crippen molar-refractivity contribution < 1.29 is 0 Å². The molecule has 0 N–H and O–H groups in total. The number of allylic oxidation sites excluding steroid dienone is 2. The summed E-state index contributed by atoms with van der Waals surface area (Å²) in [6.07, 6.45) is 9.97. The van der Waals surface area contributed by atoms with Gasteiger partial charge in [-0.3, -0.25) is 4.99 Å². The van der Waals surface area contributed by atoms with Crippen molar-refractivity contribution in [2.24, 2.45) is 16.8 Å².